The quantitative estimate of drug-likeness (QED) is 0.754. The first-order valence-corrected chi connectivity index (χ1v) is 6.10. The minimum Gasteiger partial charge on any atom is -0.503 e. The van der Waals surface area contributed by atoms with E-state index in [-0.39, 0.29) is 38.6 Å². The molecule has 0 aliphatic carbocycles. The van der Waals surface area contributed by atoms with Crippen molar-refractivity contribution < 1.29 is 37.5 Å². The van der Waals surface area contributed by atoms with E-state index in [1.54, 1.807) is 7.05 Å². The number of amides is 1. The molecule has 0 radical (unpaired) electrons. The van der Waals surface area contributed by atoms with Crippen LogP contribution >= 0.6 is 0 Å². The molecule has 6 heteroatoms. The molecular formula is C12H22N4OY+. The zero-order valence-electron chi connectivity index (χ0n) is 11.2. The molecule has 0 atom stereocenters. The van der Waals surface area contributed by atoms with Gasteiger partial charge in [-0.3, -0.25) is 16.7 Å². The number of rotatable bonds is 3. The molecular weight excluding hydrogens is 305 g/mol. The van der Waals surface area contributed by atoms with Gasteiger partial charge in [-0.25, -0.2) is 0 Å². The van der Waals surface area contributed by atoms with E-state index >= 15 is 0 Å². The largest absolute Gasteiger partial charge is 3.00 e. The summed E-state index contributed by atoms with van der Waals surface area (Å²) in [6, 6.07) is 0. The van der Waals surface area contributed by atoms with Gasteiger partial charge in [-0.2, -0.15) is 6.42 Å². The molecule has 1 fully saturated rings. The molecule has 98 valence electrons. The van der Waals surface area contributed by atoms with E-state index in [1.807, 2.05) is 4.90 Å². The number of carbonyl (C=O) groups excluding carboxylic acids is 1. The van der Waals surface area contributed by atoms with Crippen LogP contribution in [0.5, 0.6) is 0 Å². The Labute approximate surface area is 135 Å². The molecule has 2 aliphatic heterocycles. The summed E-state index contributed by atoms with van der Waals surface area (Å²) in [6.07, 6.45) is 5.74. The van der Waals surface area contributed by atoms with Crippen LogP contribution in [0.1, 0.15) is 19.3 Å². The predicted molar refractivity (Wildman–Crippen MR) is 68.7 cm³/mol. The van der Waals surface area contributed by atoms with E-state index in [9.17, 15) is 4.79 Å². The van der Waals surface area contributed by atoms with Crippen LogP contribution in [0.3, 0.4) is 0 Å². The fourth-order valence-corrected chi connectivity index (χ4v) is 1.67. The van der Waals surface area contributed by atoms with E-state index < -0.39 is 0 Å². The minimum absolute atomic E-state index is 0. The van der Waals surface area contributed by atoms with Gasteiger partial charge < -0.3 is 21.4 Å². The maximum atomic E-state index is 10.9. The van der Waals surface area contributed by atoms with Crippen LogP contribution in [0.15, 0.2) is 4.99 Å². The standard InChI is InChI=1S/C8H16N3O.C4H6N.Y/c1-9-8(12)3-4-11-6-5-10(2)7-11;1-2-4-5-3-1;/h2-7H2,1H3,(H,9,12);1-3H2;/q2*-1;+3. The van der Waals surface area contributed by atoms with Gasteiger partial charge in [0.25, 0.3) is 0 Å². The van der Waals surface area contributed by atoms with E-state index in [2.05, 4.69) is 28.5 Å². The molecule has 0 spiro atoms. The first-order valence-electron chi connectivity index (χ1n) is 6.10. The Hall–Kier alpha value is 0.164. The third kappa shape index (κ3) is 8.30. The molecule has 2 rings (SSSR count). The Balaban J connectivity index is 0.000000405. The summed E-state index contributed by atoms with van der Waals surface area (Å²) in [7, 11) is 5.49. The molecule has 2 heterocycles. The van der Waals surface area contributed by atoms with Gasteiger partial charge in [-0.1, -0.05) is 6.42 Å². The molecule has 0 unspecified atom stereocenters. The van der Waals surface area contributed by atoms with Gasteiger partial charge in [-0.05, 0) is 13.1 Å². The number of nitrogens with zero attached hydrogens (tertiary/aromatic N) is 3. The molecule has 1 N–H and O–H groups in total. The molecule has 2 aliphatic rings. The van der Waals surface area contributed by atoms with E-state index in [0.29, 0.717) is 6.42 Å². The Morgan fingerprint density at radius 2 is 2.28 bits per heavy atom. The SMILES string of the molecule is [C-]1=NCCC1.[CH2-]N1CCN(CCC(=O)NC)C1.[Y+3]. The summed E-state index contributed by atoms with van der Waals surface area (Å²) in [5.74, 6) is 0.109. The summed E-state index contributed by atoms with van der Waals surface area (Å²) in [5, 5.41) is 2.61. The van der Waals surface area contributed by atoms with Crippen molar-refractivity contribution in [1.29, 1.82) is 0 Å². The smallest absolute Gasteiger partial charge is 0.503 e. The average molecular weight is 327 g/mol. The third-order valence-electron chi connectivity index (χ3n) is 2.74. The molecule has 1 amide bonds. The van der Waals surface area contributed by atoms with E-state index in [4.69, 9.17) is 0 Å². The summed E-state index contributed by atoms with van der Waals surface area (Å²) in [6.45, 7) is 4.77. The number of aliphatic imine (C=N–C) groups is 1. The van der Waals surface area contributed by atoms with Gasteiger partial charge >= 0.3 is 32.7 Å². The number of hydrogen-bond acceptors (Lipinski definition) is 4. The second-order valence-corrected chi connectivity index (χ2v) is 4.22. The zero-order valence-corrected chi connectivity index (χ0v) is 14.0. The summed E-state index contributed by atoms with van der Waals surface area (Å²) in [4.78, 5) is 18.9. The summed E-state index contributed by atoms with van der Waals surface area (Å²) >= 11 is 0. The molecule has 0 aromatic heterocycles. The van der Waals surface area contributed by atoms with Crippen molar-refractivity contribution in [2.45, 2.75) is 19.3 Å². The van der Waals surface area contributed by atoms with Crippen molar-refractivity contribution in [3.63, 3.8) is 0 Å². The van der Waals surface area contributed by atoms with E-state index in [0.717, 1.165) is 39.3 Å². The maximum Gasteiger partial charge on any atom is 3.00 e. The van der Waals surface area contributed by atoms with Crippen molar-refractivity contribution in [1.82, 2.24) is 15.1 Å². The first kappa shape index (κ1) is 18.2. The molecule has 0 aromatic rings. The van der Waals surface area contributed by atoms with Gasteiger partial charge in [0.05, 0.1) is 0 Å². The van der Waals surface area contributed by atoms with Crippen LogP contribution in [0.2, 0.25) is 0 Å². The van der Waals surface area contributed by atoms with Crippen molar-refractivity contribution >= 4 is 12.1 Å². The molecule has 0 saturated carbocycles. The molecule has 18 heavy (non-hydrogen) atoms. The average Bonchev–Trinajstić information content (AvgIpc) is 2.99. The van der Waals surface area contributed by atoms with Gasteiger partial charge in [0, 0.05) is 33.2 Å². The van der Waals surface area contributed by atoms with Crippen molar-refractivity contribution in [2.24, 2.45) is 4.99 Å². The molecule has 0 bridgehead atoms. The summed E-state index contributed by atoms with van der Waals surface area (Å²) in [5.41, 5.74) is 0. The maximum absolute atomic E-state index is 10.9. The Morgan fingerprint density at radius 3 is 2.67 bits per heavy atom. The second-order valence-electron chi connectivity index (χ2n) is 4.22. The Kier molecular flexibility index (Phi) is 11.1. The monoisotopic (exact) mass is 327 g/mol. The zero-order chi connectivity index (χ0) is 12.5. The second kappa shape index (κ2) is 11.0. The van der Waals surface area contributed by atoms with Gasteiger partial charge in [0.1, 0.15) is 0 Å². The van der Waals surface area contributed by atoms with Crippen molar-refractivity contribution in [3.8, 4) is 0 Å². The van der Waals surface area contributed by atoms with Gasteiger partial charge in [-0.15, -0.1) is 0 Å². The number of nitrogens with one attached hydrogen (secondary N) is 1. The van der Waals surface area contributed by atoms with Gasteiger partial charge in [0.15, 0.2) is 0 Å². The fraction of sp³-hybridized carbons (Fsp3) is 0.750. The van der Waals surface area contributed by atoms with Crippen LogP contribution in [0.4, 0.5) is 0 Å². The predicted octanol–water partition coefficient (Wildman–Crippen LogP) is 0.215. The van der Waals surface area contributed by atoms with Crippen LogP contribution in [0, 0.1) is 7.05 Å². The minimum atomic E-state index is 0. The van der Waals surface area contributed by atoms with E-state index in [1.165, 1.54) is 6.42 Å². The molecule has 5 nitrogen and oxygen atoms in total. The van der Waals surface area contributed by atoms with Crippen LogP contribution in [-0.2, 0) is 37.5 Å². The van der Waals surface area contributed by atoms with Crippen LogP contribution in [-0.4, -0.2) is 61.8 Å². The number of hydrogen-bond donors (Lipinski definition) is 1. The Bertz CT molecular complexity index is 254. The summed E-state index contributed by atoms with van der Waals surface area (Å²) < 4.78 is 0. The van der Waals surface area contributed by atoms with Crippen LogP contribution < -0.4 is 5.32 Å². The van der Waals surface area contributed by atoms with Crippen molar-refractivity contribution in [3.05, 3.63) is 7.05 Å². The third-order valence-corrected chi connectivity index (χ3v) is 2.74. The normalized spacial score (nSPS) is 19.0. The number of carbonyl (C=O) groups is 1. The van der Waals surface area contributed by atoms with Crippen molar-refractivity contribution in [2.75, 3.05) is 39.9 Å². The van der Waals surface area contributed by atoms with Crippen LogP contribution in [0.25, 0.3) is 0 Å². The topological polar surface area (TPSA) is 47.9 Å². The fourth-order valence-electron chi connectivity index (χ4n) is 1.67. The molecule has 0 aromatic carbocycles. The molecule has 1 saturated heterocycles. The van der Waals surface area contributed by atoms with Gasteiger partial charge in [0.2, 0.25) is 5.91 Å². The first-order chi connectivity index (χ1) is 8.22. The Morgan fingerprint density at radius 1 is 1.50 bits per heavy atom.